The minimum absolute atomic E-state index is 0.184. The number of hydrogen-bond donors (Lipinski definition) is 0. The second-order valence-corrected chi connectivity index (χ2v) is 7.16. The van der Waals surface area contributed by atoms with Gasteiger partial charge in [0.2, 0.25) is 5.60 Å². The Bertz CT molecular complexity index is 880. The van der Waals surface area contributed by atoms with E-state index < -0.39 is 5.60 Å². The molecule has 1 saturated heterocycles. The van der Waals surface area contributed by atoms with Crippen LogP contribution >= 0.6 is 15.9 Å². The lowest BCUT2D eigenvalue weighted by Crippen LogP contribution is -2.43. The number of amides is 1. The van der Waals surface area contributed by atoms with Gasteiger partial charge >= 0.3 is 5.97 Å². The lowest BCUT2D eigenvalue weighted by molar-refractivity contribution is -0.157. The number of benzene rings is 2. The largest absolute Gasteiger partial charge is 0.443 e. The third kappa shape index (κ3) is 2.26. The summed E-state index contributed by atoms with van der Waals surface area (Å²) in [5.41, 5.74) is 1.12. The van der Waals surface area contributed by atoms with E-state index >= 15 is 0 Å². The molecule has 2 aromatic rings. The molecule has 2 atom stereocenters. The molecule has 0 unspecified atom stereocenters. The smallest absolute Gasteiger partial charge is 0.308 e. The predicted molar refractivity (Wildman–Crippen MR) is 98.3 cm³/mol. The third-order valence-electron chi connectivity index (χ3n) is 4.86. The number of fused-ring (bicyclic) bond motifs is 2. The normalized spacial score (nSPS) is 24.5. The first-order valence-corrected chi connectivity index (χ1v) is 8.87. The topological polar surface area (TPSA) is 46.6 Å². The fraction of sp³-hybridized carbons (Fsp3) is 0.200. The van der Waals surface area contributed by atoms with Crippen LogP contribution in [0.2, 0.25) is 0 Å². The number of nitrogens with zero attached hydrogens (tertiary/aromatic N) is 1. The Morgan fingerprint density at radius 1 is 1.24 bits per heavy atom. The number of rotatable bonds is 3. The van der Waals surface area contributed by atoms with Gasteiger partial charge in [0.25, 0.3) is 5.91 Å². The van der Waals surface area contributed by atoms with E-state index in [1.807, 2.05) is 48.5 Å². The van der Waals surface area contributed by atoms with E-state index in [-0.39, 0.29) is 24.2 Å². The first kappa shape index (κ1) is 16.1. The molecule has 0 N–H and O–H groups in total. The Balaban J connectivity index is 1.95. The van der Waals surface area contributed by atoms with Crippen molar-refractivity contribution in [2.45, 2.75) is 17.9 Å². The van der Waals surface area contributed by atoms with Crippen LogP contribution in [0.5, 0.6) is 0 Å². The van der Waals surface area contributed by atoms with Crippen LogP contribution in [-0.2, 0) is 19.9 Å². The van der Waals surface area contributed by atoms with Gasteiger partial charge in [-0.1, -0.05) is 52.3 Å². The van der Waals surface area contributed by atoms with Gasteiger partial charge in [-0.2, -0.15) is 0 Å². The number of halogens is 1. The number of carbonyl (C=O) groups is 2. The molecule has 0 bridgehead atoms. The van der Waals surface area contributed by atoms with E-state index in [4.69, 9.17) is 4.74 Å². The van der Waals surface area contributed by atoms with Crippen LogP contribution < -0.4 is 4.90 Å². The Morgan fingerprint density at radius 2 is 2.00 bits per heavy atom. The minimum Gasteiger partial charge on any atom is -0.443 e. The number of hydrogen-bond acceptors (Lipinski definition) is 3. The van der Waals surface area contributed by atoms with Gasteiger partial charge in [0.15, 0.2) is 0 Å². The second-order valence-electron chi connectivity index (χ2n) is 6.24. The molecule has 2 heterocycles. The van der Waals surface area contributed by atoms with Crippen LogP contribution in [0.3, 0.4) is 0 Å². The molecule has 1 amide bonds. The van der Waals surface area contributed by atoms with E-state index in [1.165, 1.54) is 0 Å². The SMILES string of the molecule is C=CCN1C(=O)[C@@]2(OC(=O)C[C@H]2c2ccccc2)c2cc(Br)ccc21. The maximum absolute atomic E-state index is 13.4. The highest BCUT2D eigenvalue weighted by molar-refractivity contribution is 9.10. The summed E-state index contributed by atoms with van der Waals surface area (Å²) in [5.74, 6) is -0.912. The number of carbonyl (C=O) groups excluding carboxylic acids is 2. The summed E-state index contributed by atoms with van der Waals surface area (Å²) in [6.45, 7) is 4.11. The molecule has 2 aliphatic heterocycles. The van der Waals surface area contributed by atoms with Crippen molar-refractivity contribution in [3.63, 3.8) is 0 Å². The molecule has 0 aromatic heterocycles. The van der Waals surface area contributed by atoms with Gasteiger partial charge in [0.05, 0.1) is 12.1 Å². The maximum atomic E-state index is 13.4. The lowest BCUT2D eigenvalue weighted by atomic mass is 9.78. The van der Waals surface area contributed by atoms with Crippen molar-refractivity contribution in [2.24, 2.45) is 0 Å². The van der Waals surface area contributed by atoms with Gasteiger partial charge in [0.1, 0.15) is 0 Å². The van der Waals surface area contributed by atoms with Crippen LogP contribution in [0.15, 0.2) is 65.7 Å². The van der Waals surface area contributed by atoms with Crippen molar-refractivity contribution in [3.8, 4) is 0 Å². The second kappa shape index (κ2) is 5.85. The highest BCUT2D eigenvalue weighted by atomic mass is 79.9. The summed E-state index contributed by atoms with van der Waals surface area (Å²) in [6, 6.07) is 15.3. The van der Waals surface area contributed by atoms with Gasteiger partial charge < -0.3 is 9.64 Å². The molecule has 1 fully saturated rings. The van der Waals surface area contributed by atoms with E-state index in [0.29, 0.717) is 6.54 Å². The Hall–Kier alpha value is -2.40. The van der Waals surface area contributed by atoms with E-state index in [0.717, 1.165) is 21.3 Å². The quantitative estimate of drug-likeness (QED) is 0.582. The predicted octanol–water partition coefficient (Wildman–Crippen LogP) is 3.91. The Morgan fingerprint density at radius 3 is 2.72 bits per heavy atom. The summed E-state index contributed by atoms with van der Waals surface area (Å²) >= 11 is 3.48. The van der Waals surface area contributed by atoms with Crippen molar-refractivity contribution in [2.75, 3.05) is 11.4 Å². The summed E-state index contributed by atoms with van der Waals surface area (Å²) in [5, 5.41) is 0. The molecule has 2 aliphatic rings. The van der Waals surface area contributed by atoms with Crippen LogP contribution in [0.4, 0.5) is 5.69 Å². The van der Waals surface area contributed by atoms with E-state index in [2.05, 4.69) is 22.5 Å². The molecule has 0 aliphatic carbocycles. The highest BCUT2D eigenvalue weighted by Gasteiger charge is 2.63. The van der Waals surface area contributed by atoms with Crippen LogP contribution in [0.1, 0.15) is 23.5 Å². The van der Waals surface area contributed by atoms with Crippen molar-refractivity contribution >= 4 is 33.5 Å². The molecule has 0 radical (unpaired) electrons. The van der Waals surface area contributed by atoms with Crippen LogP contribution in [0.25, 0.3) is 0 Å². The number of anilines is 1. The van der Waals surface area contributed by atoms with Crippen molar-refractivity contribution < 1.29 is 14.3 Å². The molecule has 5 heteroatoms. The van der Waals surface area contributed by atoms with Gasteiger partial charge in [-0.3, -0.25) is 9.59 Å². The first-order chi connectivity index (χ1) is 12.1. The molecular weight excluding hydrogens is 382 g/mol. The summed E-state index contributed by atoms with van der Waals surface area (Å²) in [7, 11) is 0. The van der Waals surface area contributed by atoms with Crippen LogP contribution in [-0.4, -0.2) is 18.4 Å². The molecule has 1 spiro atoms. The van der Waals surface area contributed by atoms with Crippen molar-refractivity contribution in [1.82, 2.24) is 0 Å². The van der Waals surface area contributed by atoms with Gasteiger partial charge in [0, 0.05) is 22.5 Å². The van der Waals surface area contributed by atoms with Crippen molar-refractivity contribution in [1.29, 1.82) is 0 Å². The fourth-order valence-corrected chi connectivity index (χ4v) is 4.21. The van der Waals surface area contributed by atoms with E-state index in [1.54, 1.807) is 11.0 Å². The molecule has 4 rings (SSSR count). The molecular formula is C20H16BrNO3. The summed E-state index contributed by atoms with van der Waals surface area (Å²) < 4.78 is 6.60. The summed E-state index contributed by atoms with van der Waals surface area (Å²) in [4.78, 5) is 27.3. The molecule has 25 heavy (non-hydrogen) atoms. The molecule has 4 nitrogen and oxygen atoms in total. The van der Waals surface area contributed by atoms with Gasteiger partial charge in [-0.15, -0.1) is 6.58 Å². The van der Waals surface area contributed by atoms with E-state index in [9.17, 15) is 9.59 Å². The van der Waals surface area contributed by atoms with Crippen LogP contribution in [0, 0.1) is 0 Å². The van der Waals surface area contributed by atoms with Gasteiger partial charge in [-0.25, -0.2) is 0 Å². The lowest BCUT2D eigenvalue weighted by Gasteiger charge is -2.28. The maximum Gasteiger partial charge on any atom is 0.308 e. The zero-order valence-electron chi connectivity index (χ0n) is 13.4. The molecule has 2 aromatic carbocycles. The standard InChI is InChI=1S/C20H16BrNO3/c1-2-10-22-17-9-8-14(21)11-16(17)20(19(22)24)15(12-18(23)25-20)13-6-4-3-5-7-13/h2-9,11,15H,1,10,12H2/t15-,20-/m0/s1. The Labute approximate surface area is 154 Å². The average Bonchev–Trinajstić information content (AvgIpc) is 3.08. The average molecular weight is 398 g/mol. The molecule has 0 saturated carbocycles. The zero-order valence-corrected chi connectivity index (χ0v) is 15.0. The Kier molecular flexibility index (Phi) is 3.76. The monoisotopic (exact) mass is 397 g/mol. The van der Waals surface area contributed by atoms with Gasteiger partial charge in [-0.05, 0) is 23.8 Å². The first-order valence-electron chi connectivity index (χ1n) is 8.07. The third-order valence-corrected chi connectivity index (χ3v) is 5.36. The summed E-state index contributed by atoms with van der Waals surface area (Å²) in [6.07, 6.45) is 1.86. The van der Waals surface area contributed by atoms with Crippen molar-refractivity contribution in [3.05, 3.63) is 76.8 Å². The minimum atomic E-state index is -1.30. The number of ether oxygens (including phenoxy) is 1. The molecule has 126 valence electrons. The number of esters is 1. The zero-order chi connectivity index (χ0) is 17.6. The fourth-order valence-electron chi connectivity index (χ4n) is 3.85. The highest BCUT2D eigenvalue weighted by Crippen LogP contribution is 2.55.